The largest absolute Gasteiger partial charge is 0.475 e. The lowest BCUT2D eigenvalue weighted by molar-refractivity contribution is -0.196. The first-order valence-electron chi connectivity index (χ1n) is 10.0. The second kappa shape index (κ2) is 5.85. The fourth-order valence-corrected chi connectivity index (χ4v) is 7.27. The quantitative estimate of drug-likeness (QED) is 0.708. The van der Waals surface area contributed by atoms with Gasteiger partial charge in [-0.25, -0.2) is 9.18 Å². The van der Waals surface area contributed by atoms with Crippen molar-refractivity contribution < 1.29 is 29.0 Å². The number of carbonyl (C=O) groups is 3. The maximum atomic E-state index is 16.8. The highest BCUT2D eigenvalue weighted by Gasteiger charge is 2.72. The van der Waals surface area contributed by atoms with Gasteiger partial charge in [0.05, 0.1) is 6.10 Å². The van der Waals surface area contributed by atoms with E-state index in [1.807, 2.05) is 13.8 Å². The number of fused-ring (bicyclic) bond motifs is 5. The van der Waals surface area contributed by atoms with Gasteiger partial charge in [-0.05, 0) is 62.0 Å². The number of rotatable bonds is 2. The molecule has 4 aliphatic carbocycles. The van der Waals surface area contributed by atoms with Crippen LogP contribution in [0.2, 0.25) is 0 Å². The predicted octanol–water partition coefficient (Wildman–Crippen LogP) is 2.87. The van der Waals surface area contributed by atoms with Gasteiger partial charge < -0.3 is 10.2 Å². The van der Waals surface area contributed by atoms with E-state index in [-0.39, 0.29) is 24.0 Å². The first-order chi connectivity index (χ1) is 13.0. The summed E-state index contributed by atoms with van der Waals surface area (Å²) in [4.78, 5) is 35.7. The lowest BCUT2D eigenvalue weighted by Gasteiger charge is -2.61. The SMILES string of the molecule is C[C@H]1C[C@H]2[C@@H]3CCC4=CC(=O)C=C[C@]4(C)[C@@]3(F)[C@@H](O)C[C@]2(C)[C@H]1C(=O)C(=O)O. The molecular weight excluding hydrogens is 363 g/mol. The number of allylic oxidation sites excluding steroid dienone is 4. The number of aliphatic carboxylic acids is 1. The van der Waals surface area contributed by atoms with E-state index >= 15 is 4.39 Å². The van der Waals surface area contributed by atoms with E-state index in [4.69, 9.17) is 0 Å². The minimum atomic E-state index is -1.95. The van der Waals surface area contributed by atoms with Crippen molar-refractivity contribution in [3.8, 4) is 0 Å². The van der Waals surface area contributed by atoms with E-state index in [1.54, 1.807) is 13.0 Å². The van der Waals surface area contributed by atoms with Crippen molar-refractivity contribution in [2.45, 2.75) is 58.2 Å². The Balaban J connectivity index is 1.80. The number of ketones is 2. The third kappa shape index (κ3) is 2.18. The van der Waals surface area contributed by atoms with Crippen LogP contribution in [0.5, 0.6) is 0 Å². The Hall–Kier alpha value is -1.82. The van der Waals surface area contributed by atoms with Gasteiger partial charge in [0, 0.05) is 17.3 Å². The predicted molar refractivity (Wildman–Crippen MR) is 99.0 cm³/mol. The topological polar surface area (TPSA) is 91.7 Å². The maximum absolute atomic E-state index is 16.8. The molecule has 4 aliphatic rings. The standard InChI is InChI=1S/C22H27FO5/c1-11-8-15-14-5-4-12-9-13(24)6-7-21(12,3)22(14,23)16(25)10-20(15,2)17(11)18(26)19(27)28/h6-7,9,11,14-17,25H,4-5,8,10H2,1-3H3,(H,27,28)/t11-,14-,15-,16-,17+,20-,21-,22-/m0/s1. The highest BCUT2D eigenvalue weighted by Crippen LogP contribution is 2.69. The molecule has 0 heterocycles. The average Bonchev–Trinajstić information content (AvgIpc) is 2.86. The molecule has 0 amide bonds. The maximum Gasteiger partial charge on any atom is 0.372 e. The van der Waals surface area contributed by atoms with Gasteiger partial charge in [0.1, 0.15) is 0 Å². The van der Waals surface area contributed by atoms with Crippen molar-refractivity contribution in [2.75, 3.05) is 0 Å². The van der Waals surface area contributed by atoms with Gasteiger partial charge in [0.25, 0.3) is 0 Å². The van der Waals surface area contributed by atoms with E-state index in [1.165, 1.54) is 12.2 Å². The summed E-state index contributed by atoms with van der Waals surface area (Å²) in [5.41, 5.74) is -3.05. The van der Waals surface area contributed by atoms with E-state index in [0.29, 0.717) is 24.8 Å². The van der Waals surface area contributed by atoms with Crippen LogP contribution in [0, 0.1) is 34.5 Å². The number of aliphatic hydroxyl groups is 1. The average molecular weight is 390 g/mol. The molecule has 152 valence electrons. The molecule has 5 nitrogen and oxygen atoms in total. The lowest BCUT2D eigenvalue weighted by Crippen LogP contribution is -2.66. The Bertz CT molecular complexity index is 831. The van der Waals surface area contributed by atoms with Gasteiger partial charge in [-0.15, -0.1) is 0 Å². The van der Waals surface area contributed by atoms with Crippen molar-refractivity contribution in [1.29, 1.82) is 0 Å². The summed E-state index contributed by atoms with van der Waals surface area (Å²) >= 11 is 0. The fraction of sp³-hybridized carbons (Fsp3) is 0.682. The number of hydrogen-bond donors (Lipinski definition) is 2. The molecule has 0 bridgehead atoms. The van der Waals surface area contributed by atoms with Crippen molar-refractivity contribution in [3.63, 3.8) is 0 Å². The molecule has 6 heteroatoms. The summed E-state index contributed by atoms with van der Waals surface area (Å²) in [6.07, 6.45) is 4.80. The number of carbonyl (C=O) groups excluding carboxylic acids is 2. The highest BCUT2D eigenvalue weighted by molar-refractivity contribution is 6.33. The number of carboxylic acids is 1. The molecule has 0 aromatic rings. The van der Waals surface area contributed by atoms with E-state index in [2.05, 4.69) is 0 Å². The van der Waals surface area contributed by atoms with Crippen LogP contribution in [0.15, 0.2) is 23.8 Å². The van der Waals surface area contributed by atoms with Crippen LogP contribution in [-0.2, 0) is 14.4 Å². The Morgan fingerprint density at radius 1 is 1.25 bits per heavy atom. The second-order valence-corrected chi connectivity index (χ2v) is 9.71. The Kier molecular flexibility index (Phi) is 4.07. The third-order valence-corrected chi connectivity index (χ3v) is 8.47. The van der Waals surface area contributed by atoms with Crippen LogP contribution in [-0.4, -0.2) is 39.5 Å². The summed E-state index contributed by atoms with van der Waals surface area (Å²) in [5, 5.41) is 20.4. The first kappa shape index (κ1) is 19.5. The Morgan fingerprint density at radius 3 is 2.57 bits per heavy atom. The van der Waals surface area contributed by atoms with Gasteiger partial charge in [-0.3, -0.25) is 9.59 Å². The summed E-state index contributed by atoms with van der Waals surface area (Å²) in [5.74, 6) is -4.03. The third-order valence-electron chi connectivity index (χ3n) is 8.47. The van der Waals surface area contributed by atoms with E-state index in [9.17, 15) is 24.6 Å². The van der Waals surface area contributed by atoms with Crippen LogP contribution in [0.3, 0.4) is 0 Å². The molecule has 0 aliphatic heterocycles. The fourth-order valence-electron chi connectivity index (χ4n) is 7.27. The number of halogens is 1. The molecule has 0 unspecified atom stereocenters. The molecule has 0 aromatic heterocycles. The zero-order valence-electron chi connectivity index (χ0n) is 16.4. The number of alkyl halides is 1. The number of carboxylic acid groups (broad SMARTS) is 1. The minimum Gasteiger partial charge on any atom is -0.475 e. The van der Waals surface area contributed by atoms with E-state index in [0.717, 1.165) is 0 Å². The summed E-state index contributed by atoms with van der Waals surface area (Å²) in [7, 11) is 0. The molecule has 3 saturated carbocycles. The first-order valence-corrected chi connectivity index (χ1v) is 10.0. The van der Waals surface area contributed by atoms with Gasteiger partial charge in [-0.1, -0.05) is 25.5 Å². The Labute approximate surface area is 163 Å². The molecule has 8 atom stereocenters. The van der Waals surface area contributed by atoms with Crippen LogP contribution in [0.1, 0.15) is 46.5 Å². The van der Waals surface area contributed by atoms with Gasteiger partial charge in [0.15, 0.2) is 11.5 Å². The normalized spacial score (nSPS) is 49.7. The van der Waals surface area contributed by atoms with Crippen molar-refractivity contribution >= 4 is 17.5 Å². The smallest absolute Gasteiger partial charge is 0.372 e. The zero-order valence-corrected chi connectivity index (χ0v) is 16.4. The molecular formula is C22H27FO5. The van der Waals surface area contributed by atoms with Crippen molar-refractivity contribution in [2.24, 2.45) is 34.5 Å². The van der Waals surface area contributed by atoms with Gasteiger partial charge >= 0.3 is 5.97 Å². The molecule has 0 spiro atoms. The van der Waals surface area contributed by atoms with E-state index < -0.39 is 46.2 Å². The molecule has 28 heavy (non-hydrogen) atoms. The molecule has 2 N–H and O–H groups in total. The molecule has 0 aromatic carbocycles. The van der Waals surface area contributed by atoms with Gasteiger partial charge in [0.2, 0.25) is 5.78 Å². The molecule has 0 saturated heterocycles. The number of Topliss-reactive ketones (excluding diaryl/α,β-unsaturated/α-hetero) is 1. The van der Waals surface area contributed by atoms with Crippen LogP contribution in [0.25, 0.3) is 0 Å². The molecule has 3 fully saturated rings. The zero-order chi connectivity index (χ0) is 20.6. The second-order valence-electron chi connectivity index (χ2n) is 9.71. The summed E-state index contributed by atoms with van der Waals surface area (Å²) < 4.78 is 16.8. The van der Waals surface area contributed by atoms with Gasteiger partial charge in [-0.2, -0.15) is 0 Å². The summed E-state index contributed by atoms with van der Waals surface area (Å²) in [6, 6.07) is 0. The van der Waals surface area contributed by atoms with Crippen LogP contribution < -0.4 is 0 Å². The van der Waals surface area contributed by atoms with Crippen molar-refractivity contribution in [1.82, 2.24) is 0 Å². The van der Waals surface area contributed by atoms with Crippen LogP contribution >= 0.6 is 0 Å². The van der Waals surface area contributed by atoms with Crippen molar-refractivity contribution in [3.05, 3.63) is 23.8 Å². The monoisotopic (exact) mass is 390 g/mol. The lowest BCUT2D eigenvalue weighted by atomic mass is 9.45. The molecule has 4 rings (SSSR count). The minimum absolute atomic E-state index is 0.0450. The Morgan fingerprint density at radius 2 is 1.93 bits per heavy atom. The molecule has 0 radical (unpaired) electrons. The number of hydrogen-bond acceptors (Lipinski definition) is 4. The van der Waals surface area contributed by atoms with Crippen LogP contribution in [0.4, 0.5) is 4.39 Å². The number of aliphatic hydroxyl groups excluding tert-OH is 1. The summed E-state index contributed by atoms with van der Waals surface area (Å²) in [6.45, 7) is 5.46. The highest BCUT2D eigenvalue weighted by atomic mass is 19.1.